The van der Waals surface area contributed by atoms with Crippen molar-refractivity contribution in [1.82, 2.24) is 24.7 Å². The third kappa shape index (κ3) is 2.73. The van der Waals surface area contributed by atoms with Gasteiger partial charge >= 0.3 is 0 Å². The highest BCUT2D eigenvalue weighted by atomic mass is 15.4. The summed E-state index contributed by atoms with van der Waals surface area (Å²) in [7, 11) is 0. The van der Waals surface area contributed by atoms with E-state index in [4.69, 9.17) is 5.73 Å². The van der Waals surface area contributed by atoms with E-state index in [-0.39, 0.29) is 5.54 Å². The van der Waals surface area contributed by atoms with Gasteiger partial charge in [0.2, 0.25) is 11.9 Å². The van der Waals surface area contributed by atoms with E-state index in [1.54, 1.807) is 6.07 Å². The molecule has 0 aliphatic heterocycles. The third-order valence-electron chi connectivity index (χ3n) is 2.13. The fourth-order valence-electron chi connectivity index (χ4n) is 1.44. The van der Waals surface area contributed by atoms with Crippen molar-refractivity contribution in [2.45, 2.75) is 33.2 Å². The molecule has 0 spiro atoms. The van der Waals surface area contributed by atoms with Gasteiger partial charge < -0.3 is 11.1 Å². The van der Waals surface area contributed by atoms with Gasteiger partial charge in [-0.3, -0.25) is 0 Å². The summed E-state index contributed by atoms with van der Waals surface area (Å²) in [5.41, 5.74) is 6.55. The molecule has 2 aromatic heterocycles. The monoisotopic (exact) mass is 247 g/mol. The Kier molecular flexibility index (Phi) is 2.90. The van der Waals surface area contributed by atoms with E-state index >= 15 is 0 Å². The third-order valence-corrected chi connectivity index (χ3v) is 2.13. The normalized spacial score (nSPS) is 11.6. The molecule has 0 saturated carbocycles. The van der Waals surface area contributed by atoms with Gasteiger partial charge in [0.05, 0.1) is 0 Å². The highest BCUT2D eigenvalue weighted by Gasteiger charge is 2.15. The Balaban J connectivity index is 2.35. The number of hydrogen-bond donors (Lipinski definition) is 2. The van der Waals surface area contributed by atoms with Gasteiger partial charge in [0.1, 0.15) is 6.33 Å². The molecular formula is C11H17N7. The predicted octanol–water partition coefficient (Wildman–Crippen LogP) is 1.16. The van der Waals surface area contributed by atoms with E-state index in [1.807, 2.05) is 27.7 Å². The average molecular weight is 247 g/mol. The molecule has 0 atom stereocenters. The van der Waals surface area contributed by atoms with Gasteiger partial charge in [0.25, 0.3) is 0 Å². The van der Waals surface area contributed by atoms with Crippen LogP contribution in [0.2, 0.25) is 0 Å². The van der Waals surface area contributed by atoms with Crippen LogP contribution in [0.15, 0.2) is 12.4 Å². The molecule has 0 unspecified atom stereocenters. The van der Waals surface area contributed by atoms with E-state index in [1.165, 1.54) is 11.0 Å². The molecule has 0 bridgehead atoms. The standard InChI is InChI=1S/C11H17N7/c1-7-5-8(14-6-13-7)18-9(12)15-10(17-18)16-11(2,3)4/h5-6H,1-4H3,(H3,12,15,16,17). The van der Waals surface area contributed by atoms with Crippen LogP contribution in [0.5, 0.6) is 0 Å². The van der Waals surface area contributed by atoms with Crippen molar-refractivity contribution in [2.75, 3.05) is 11.1 Å². The Morgan fingerprint density at radius 2 is 2.00 bits per heavy atom. The van der Waals surface area contributed by atoms with Crippen molar-refractivity contribution in [2.24, 2.45) is 0 Å². The van der Waals surface area contributed by atoms with E-state index < -0.39 is 0 Å². The quantitative estimate of drug-likeness (QED) is 0.827. The first kappa shape index (κ1) is 12.3. The summed E-state index contributed by atoms with van der Waals surface area (Å²) in [5.74, 6) is 1.38. The summed E-state index contributed by atoms with van der Waals surface area (Å²) < 4.78 is 1.49. The van der Waals surface area contributed by atoms with Crippen molar-refractivity contribution in [3.8, 4) is 5.82 Å². The lowest BCUT2D eigenvalue weighted by molar-refractivity contribution is 0.625. The maximum Gasteiger partial charge on any atom is 0.244 e. The molecule has 0 radical (unpaired) electrons. The Bertz CT molecular complexity index is 553. The zero-order valence-corrected chi connectivity index (χ0v) is 11.0. The minimum Gasteiger partial charge on any atom is -0.368 e. The van der Waals surface area contributed by atoms with Gasteiger partial charge in [-0.05, 0) is 27.7 Å². The van der Waals surface area contributed by atoms with Gasteiger partial charge in [0, 0.05) is 17.3 Å². The summed E-state index contributed by atoms with van der Waals surface area (Å²) in [6.45, 7) is 7.96. The molecule has 0 fully saturated rings. The van der Waals surface area contributed by atoms with Crippen LogP contribution in [0.25, 0.3) is 5.82 Å². The van der Waals surface area contributed by atoms with E-state index in [2.05, 4.69) is 25.4 Å². The predicted molar refractivity (Wildman–Crippen MR) is 69.5 cm³/mol. The first-order chi connectivity index (χ1) is 8.35. The summed E-state index contributed by atoms with van der Waals surface area (Å²) >= 11 is 0. The number of anilines is 2. The summed E-state index contributed by atoms with van der Waals surface area (Å²) in [6, 6.07) is 1.80. The number of hydrogen-bond acceptors (Lipinski definition) is 6. The minimum atomic E-state index is -0.125. The molecule has 0 aromatic carbocycles. The lowest BCUT2D eigenvalue weighted by atomic mass is 10.1. The van der Waals surface area contributed by atoms with Crippen molar-refractivity contribution in [3.63, 3.8) is 0 Å². The van der Waals surface area contributed by atoms with Crippen molar-refractivity contribution in [1.29, 1.82) is 0 Å². The Labute approximate surface area is 105 Å². The van der Waals surface area contributed by atoms with Crippen LogP contribution in [0.3, 0.4) is 0 Å². The lowest BCUT2D eigenvalue weighted by Crippen LogP contribution is -2.26. The molecular weight excluding hydrogens is 230 g/mol. The van der Waals surface area contributed by atoms with Gasteiger partial charge in [0.15, 0.2) is 5.82 Å². The summed E-state index contributed by atoms with van der Waals surface area (Å²) in [4.78, 5) is 12.3. The number of nitrogens with zero attached hydrogens (tertiary/aromatic N) is 5. The first-order valence-corrected chi connectivity index (χ1v) is 5.65. The molecule has 3 N–H and O–H groups in total. The van der Waals surface area contributed by atoms with Crippen LogP contribution in [-0.4, -0.2) is 30.3 Å². The minimum absolute atomic E-state index is 0.125. The second kappa shape index (κ2) is 4.25. The Morgan fingerprint density at radius 1 is 1.28 bits per heavy atom. The molecule has 96 valence electrons. The Morgan fingerprint density at radius 3 is 2.61 bits per heavy atom. The number of nitrogens with one attached hydrogen (secondary N) is 1. The number of nitrogen functional groups attached to an aromatic ring is 1. The average Bonchev–Trinajstić information content (AvgIpc) is 2.56. The molecule has 0 saturated heterocycles. The fraction of sp³-hybridized carbons (Fsp3) is 0.455. The molecule has 0 aliphatic rings. The molecule has 2 aromatic rings. The Hall–Kier alpha value is -2.18. The number of rotatable bonds is 2. The topological polar surface area (TPSA) is 94.5 Å². The summed E-state index contributed by atoms with van der Waals surface area (Å²) in [6.07, 6.45) is 1.47. The number of aromatic nitrogens is 5. The zero-order valence-electron chi connectivity index (χ0n) is 11.0. The van der Waals surface area contributed by atoms with Gasteiger partial charge in [-0.1, -0.05) is 0 Å². The molecule has 0 amide bonds. The highest BCUT2D eigenvalue weighted by Crippen LogP contribution is 2.15. The molecule has 2 heterocycles. The highest BCUT2D eigenvalue weighted by molar-refractivity contribution is 5.39. The van der Waals surface area contributed by atoms with Crippen molar-refractivity contribution in [3.05, 3.63) is 18.1 Å². The second-order valence-electron chi connectivity index (χ2n) is 5.10. The maximum atomic E-state index is 5.83. The van der Waals surface area contributed by atoms with E-state index in [0.29, 0.717) is 17.7 Å². The first-order valence-electron chi connectivity index (χ1n) is 5.65. The van der Waals surface area contributed by atoms with Crippen LogP contribution in [-0.2, 0) is 0 Å². The van der Waals surface area contributed by atoms with Gasteiger partial charge in [-0.15, -0.1) is 5.10 Å². The van der Waals surface area contributed by atoms with E-state index in [9.17, 15) is 0 Å². The second-order valence-corrected chi connectivity index (χ2v) is 5.10. The van der Waals surface area contributed by atoms with Crippen molar-refractivity contribution >= 4 is 11.9 Å². The number of aryl methyl sites for hydroxylation is 1. The molecule has 2 rings (SSSR count). The molecule has 7 heteroatoms. The van der Waals surface area contributed by atoms with Crippen LogP contribution >= 0.6 is 0 Å². The number of nitrogens with two attached hydrogens (primary N) is 1. The molecule has 18 heavy (non-hydrogen) atoms. The van der Waals surface area contributed by atoms with Gasteiger partial charge in [-0.25, -0.2) is 9.97 Å². The maximum absolute atomic E-state index is 5.83. The summed E-state index contributed by atoms with van der Waals surface area (Å²) in [5, 5.41) is 7.45. The smallest absolute Gasteiger partial charge is 0.244 e. The van der Waals surface area contributed by atoms with Gasteiger partial charge in [-0.2, -0.15) is 9.67 Å². The van der Waals surface area contributed by atoms with Crippen LogP contribution < -0.4 is 11.1 Å². The zero-order chi connectivity index (χ0) is 13.3. The lowest BCUT2D eigenvalue weighted by Gasteiger charge is -2.18. The van der Waals surface area contributed by atoms with Crippen LogP contribution in [0.1, 0.15) is 26.5 Å². The van der Waals surface area contributed by atoms with Crippen molar-refractivity contribution < 1.29 is 0 Å². The largest absolute Gasteiger partial charge is 0.368 e. The fourth-order valence-corrected chi connectivity index (χ4v) is 1.44. The van der Waals surface area contributed by atoms with Crippen LogP contribution in [0.4, 0.5) is 11.9 Å². The molecule has 0 aliphatic carbocycles. The molecule has 7 nitrogen and oxygen atoms in total. The van der Waals surface area contributed by atoms with E-state index in [0.717, 1.165) is 5.69 Å². The SMILES string of the molecule is Cc1cc(-n2nc(NC(C)(C)C)nc2N)ncn1. The van der Waals surface area contributed by atoms with Crippen LogP contribution in [0, 0.1) is 6.92 Å².